The highest BCUT2D eigenvalue weighted by Gasteiger charge is 2.30. The number of hydrogen-bond donors (Lipinski definition) is 1. The van der Waals surface area contributed by atoms with Crippen molar-refractivity contribution in [3.63, 3.8) is 0 Å². The van der Waals surface area contributed by atoms with E-state index >= 15 is 0 Å². The van der Waals surface area contributed by atoms with Crippen LogP contribution in [0.5, 0.6) is 0 Å². The van der Waals surface area contributed by atoms with E-state index in [1.807, 2.05) is 6.92 Å². The summed E-state index contributed by atoms with van der Waals surface area (Å²) in [5.41, 5.74) is 6.91. The second kappa shape index (κ2) is 4.00. The summed E-state index contributed by atoms with van der Waals surface area (Å²) in [4.78, 5) is 4.01. The third-order valence-electron chi connectivity index (χ3n) is 2.79. The van der Waals surface area contributed by atoms with Crippen molar-refractivity contribution in [1.29, 1.82) is 0 Å². The smallest absolute Gasteiger partial charge is 0.326 e. The maximum atomic E-state index is 12.5. The van der Waals surface area contributed by atoms with Gasteiger partial charge in [-0.05, 0) is 30.2 Å². The Morgan fingerprint density at radius 1 is 1.29 bits per heavy atom. The molecule has 0 aliphatic carbocycles. The third kappa shape index (κ3) is 2.10. The number of alkyl halides is 3. The van der Waals surface area contributed by atoms with Crippen LogP contribution in [-0.2, 0) is 12.7 Å². The first kappa shape index (κ1) is 11.9. The Kier molecular flexibility index (Phi) is 2.79. The Labute approximate surface area is 96.3 Å². The minimum atomic E-state index is -4.34. The van der Waals surface area contributed by atoms with Gasteiger partial charge in [-0.25, -0.2) is 0 Å². The van der Waals surface area contributed by atoms with Crippen molar-refractivity contribution in [3.05, 3.63) is 41.1 Å². The highest BCUT2D eigenvalue weighted by molar-refractivity contribution is 5.83. The van der Waals surface area contributed by atoms with Crippen LogP contribution in [0.1, 0.15) is 16.7 Å². The molecular formula is C12H11F3N2. The Bertz CT molecular complexity index is 561. The number of aromatic nitrogens is 1. The first-order chi connectivity index (χ1) is 7.93. The summed E-state index contributed by atoms with van der Waals surface area (Å²) < 4.78 is 37.5. The first-order valence-electron chi connectivity index (χ1n) is 5.09. The minimum Gasteiger partial charge on any atom is -0.326 e. The molecule has 0 unspecified atom stereocenters. The normalized spacial score (nSPS) is 12.1. The van der Waals surface area contributed by atoms with E-state index in [-0.39, 0.29) is 0 Å². The Morgan fingerprint density at radius 3 is 2.59 bits per heavy atom. The molecule has 2 nitrogen and oxygen atoms in total. The lowest BCUT2D eigenvalue weighted by molar-refractivity contribution is -0.137. The number of fused-ring (bicyclic) bond motifs is 1. The van der Waals surface area contributed by atoms with E-state index in [0.717, 1.165) is 23.3 Å². The summed E-state index contributed by atoms with van der Waals surface area (Å²) in [5, 5.41) is 0.709. The molecule has 0 fully saturated rings. The van der Waals surface area contributed by atoms with Crippen molar-refractivity contribution in [2.24, 2.45) is 5.73 Å². The molecule has 0 saturated carbocycles. The van der Waals surface area contributed by atoms with Crippen molar-refractivity contribution < 1.29 is 13.2 Å². The van der Waals surface area contributed by atoms with Crippen molar-refractivity contribution in [2.75, 3.05) is 0 Å². The van der Waals surface area contributed by atoms with Crippen molar-refractivity contribution in [1.82, 2.24) is 4.98 Å². The van der Waals surface area contributed by atoms with Gasteiger partial charge in [-0.2, -0.15) is 13.2 Å². The summed E-state index contributed by atoms with van der Waals surface area (Å²) >= 11 is 0. The molecule has 0 spiro atoms. The number of aryl methyl sites for hydroxylation is 1. The van der Waals surface area contributed by atoms with Crippen LogP contribution in [0.4, 0.5) is 13.2 Å². The molecule has 1 heterocycles. The topological polar surface area (TPSA) is 38.9 Å². The highest BCUT2D eigenvalue weighted by Crippen LogP contribution is 2.31. The van der Waals surface area contributed by atoms with E-state index in [1.54, 1.807) is 0 Å². The average Bonchev–Trinajstić information content (AvgIpc) is 2.28. The van der Waals surface area contributed by atoms with Crippen LogP contribution in [0.3, 0.4) is 0 Å². The molecule has 1 aromatic heterocycles. The first-order valence-corrected chi connectivity index (χ1v) is 5.09. The van der Waals surface area contributed by atoms with Gasteiger partial charge in [-0.3, -0.25) is 4.98 Å². The third-order valence-corrected chi connectivity index (χ3v) is 2.79. The van der Waals surface area contributed by atoms with Gasteiger partial charge in [0.15, 0.2) is 0 Å². The summed E-state index contributed by atoms with van der Waals surface area (Å²) in [6.45, 7) is 2.16. The molecule has 0 amide bonds. The van der Waals surface area contributed by atoms with E-state index in [4.69, 9.17) is 5.73 Å². The number of hydrogen-bond acceptors (Lipinski definition) is 2. The monoisotopic (exact) mass is 240 g/mol. The summed E-state index contributed by atoms with van der Waals surface area (Å²) in [5.74, 6) is 0. The molecule has 5 heteroatoms. The second-order valence-electron chi connectivity index (χ2n) is 3.84. The molecule has 90 valence electrons. The SMILES string of the molecule is Cc1c(CN)cnc2cc(C(F)(F)F)ccc12. The van der Waals surface area contributed by atoms with E-state index in [0.29, 0.717) is 17.4 Å². The van der Waals surface area contributed by atoms with Crippen LogP contribution in [0, 0.1) is 6.92 Å². The average molecular weight is 240 g/mol. The van der Waals surface area contributed by atoms with Gasteiger partial charge in [0.05, 0.1) is 11.1 Å². The summed E-state index contributed by atoms with van der Waals surface area (Å²) in [6, 6.07) is 3.57. The standard InChI is InChI=1S/C12H11F3N2/c1-7-8(5-16)6-17-11-4-9(12(13,14)15)2-3-10(7)11/h2-4,6H,5,16H2,1H3. The van der Waals surface area contributed by atoms with E-state index in [1.165, 1.54) is 12.3 Å². The molecule has 1 aromatic carbocycles. The van der Waals surface area contributed by atoms with Gasteiger partial charge < -0.3 is 5.73 Å². The predicted molar refractivity (Wildman–Crippen MR) is 59.4 cm³/mol. The summed E-state index contributed by atoms with van der Waals surface area (Å²) in [6.07, 6.45) is -2.81. The fourth-order valence-electron chi connectivity index (χ4n) is 1.75. The zero-order chi connectivity index (χ0) is 12.6. The molecule has 0 saturated heterocycles. The predicted octanol–water partition coefficient (Wildman–Crippen LogP) is 3.02. The molecule has 0 aliphatic heterocycles. The highest BCUT2D eigenvalue weighted by atomic mass is 19.4. The number of nitrogens with two attached hydrogens (primary N) is 1. The van der Waals surface area contributed by atoms with Gasteiger partial charge in [0.1, 0.15) is 0 Å². The second-order valence-corrected chi connectivity index (χ2v) is 3.84. The maximum absolute atomic E-state index is 12.5. The van der Waals surface area contributed by atoms with E-state index < -0.39 is 11.7 Å². The molecule has 17 heavy (non-hydrogen) atoms. The fraction of sp³-hybridized carbons (Fsp3) is 0.250. The molecule has 0 atom stereocenters. The van der Waals surface area contributed by atoms with E-state index in [9.17, 15) is 13.2 Å². The van der Waals surface area contributed by atoms with Crippen LogP contribution in [0.15, 0.2) is 24.4 Å². The fourth-order valence-corrected chi connectivity index (χ4v) is 1.75. The van der Waals surface area contributed by atoms with Crippen molar-refractivity contribution in [2.45, 2.75) is 19.6 Å². The number of halogens is 3. The zero-order valence-corrected chi connectivity index (χ0v) is 9.17. The van der Waals surface area contributed by atoms with Gasteiger partial charge in [0.25, 0.3) is 0 Å². The minimum absolute atomic E-state index is 0.329. The Morgan fingerprint density at radius 2 is 2.00 bits per heavy atom. The van der Waals surface area contributed by atoms with Gasteiger partial charge in [-0.15, -0.1) is 0 Å². The van der Waals surface area contributed by atoms with Crippen molar-refractivity contribution >= 4 is 10.9 Å². The zero-order valence-electron chi connectivity index (χ0n) is 9.17. The maximum Gasteiger partial charge on any atom is 0.416 e. The largest absolute Gasteiger partial charge is 0.416 e. The van der Waals surface area contributed by atoms with Gasteiger partial charge in [-0.1, -0.05) is 6.07 Å². The van der Waals surface area contributed by atoms with E-state index in [2.05, 4.69) is 4.98 Å². The van der Waals surface area contributed by atoms with Gasteiger partial charge in [0, 0.05) is 18.1 Å². The molecular weight excluding hydrogens is 229 g/mol. The lowest BCUT2D eigenvalue weighted by Gasteiger charge is -2.10. The number of pyridine rings is 1. The number of nitrogens with zero attached hydrogens (tertiary/aromatic N) is 1. The Balaban J connectivity index is 2.66. The number of benzene rings is 1. The number of rotatable bonds is 1. The molecule has 0 aliphatic rings. The molecule has 2 aromatic rings. The lowest BCUT2D eigenvalue weighted by atomic mass is 10.0. The van der Waals surface area contributed by atoms with Crippen LogP contribution >= 0.6 is 0 Å². The van der Waals surface area contributed by atoms with Gasteiger partial charge >= 0.3 is 6.18 Å². The van der Waals surface area contributed by atoms with Crippen molar-refractivity contribution in [3.8, 4) is 0 Å². The van der Waals surface area contributed by atoms with Gasteiger partial charge in [0.2, 0.25) is 0 Å². The van der Waals surface area contributed by atoms with Crippen LogP contribution in [0.2, 0.25) is 0 Å². The molecule has 0 radical (unpaired) electrons. The van der Waals surface area contributed by atoms with Crippen LogP contribution in [0.25, 0.3) is 10.9 Å². The lowest BCUT2D eigenvalue weighted by Crippen LogP contribution is -2.05. The molecule has 2 rings (SSSR count). The quantitative estimate of drug-likeness (QED) is 0.832. The molecule has 0 bridgehead atoms. The van der Waals surface area contributed by atoms with Crippen LogP contribution < -0.4 is 5.73 Å². The van der Waals surface area contributed by atoms with Crippen LogP contribution in [-0.4, -0.2) is 4.98 Å². The molecule has 2 N–H and O–H groups in total. The summed E-state index contributed by atoms with van der Waals surface area (Å²) in [7, 11) is 0. The Hall–Kier alpha value is -1.62.